The molecule has 4 rings (SSSR count). The van der Waals surface area contributed by atoms with Crippen molar-refractivity contribution < 1.29 is 18.7 Å². The van der Waals surface area contributed by atoms with Gasteiger partial charge in [-0.1, -0.05) is 23.2 Å². The van der Waals surface area contributed by atoms with Gasteiger partial charge in [-0.2, -0.15) is 0 Å². The molecule has 11 heteroatoms. The molecule has 29 heavy (non-hydrogen) atoms. The summed E-state index contributed by atoms with van der Waals surface area (Å²) in [6.07, 6.45) is 0.568. The molecule has 148 valence electrons. The number of halogens is 3. The van der Waals surface area contributed by atoms with Crippen LogP contribution in [0.15, 0.2) is 36.5 Å². The standard InChI is InChI=1S/C18H12Cl2FN5O3/c1-28-13-5-2-8(7-22-13)23-17(27)11-6-12-16(26-25-11)24-18(29-12)14-9(19)3-4-10(21)15(14)20/h2-7,18H,1H3,(H,23,27)(H,24,26). The van der Waals surface area contributed by atoms with E-state index < -0.39 is 18.0 Å². The third-order valence-electron chi connectivity index (χ3n) is 4.05. The number of ether oxygens (including phenoxy) is 2. The van der Waals surface area contributed by atoms with Crippen LogP contribution in [0.25, 0.3) is 0 Å². The zero-order valence-corrected chi connectivity index (χ0v) is 16.3. The molecule has 1 aromatic carbocycles. The molecule has 3 heterocycles. The fourth-order valence-electron chi connectivity index (χ4n) is 2.64. The molecule has 2 aromatic heterocycles. The van der Waals surface area contributed by atoms with Crippen LogP contribution in [0.1, 0.15) is 22.3 Å². The van der Waals surface area contributed by atoms with Gasteiger partial charge in [-0.15, -0.1) is 10.2 Å². The number of carbonyl (C=O) groups is 1. The summed E-state index contributed by atoms with van der Waals surface area (Å²) in [7, 11) is 1.49. The minimum absolute atomic E-state index is 0.0125. The molecule has 0 bridgehead atoms. The number of hydrogen-bond donors (Lipinski definition) is 2. The summed E-state index contributed by atoms with van der Waals surface area (Å²) in [6, 6.07) is 7.18. The van der Waals surface area contributed by atoms with Gasteiger partial charge in [0.1, 0.15) is 5.82 Å². The van der Waals surface area contributed by atoms with Crippen LogP contribution in [0.5, 0.6) is 11.6 Å². The SMILES string of the molecule is COc1ccc(NC(=O)c2cc3c(nn2)NC(c2c(Cl)ccc(F)c2Cl)O3)cn1. The van der Waals surface area contributed by atoms with Crippen molar-refractivity contribution >= 4 is 40.6 Å². The Labute approximate surface area is 174 Å². The fourth-order valence-corrected chi connectivity index (χ4v) is 3.21. The average molecular weight is 436 g/mol. The minimum Gasteiger partial charge on any atom is -0.481 e. The average Bonchev–Trinajstić information content (AvgIpc) is 3.14. The van der Waals surface area contributed by atoms with Crippen LogP contribution >= 0.6 is 23.2 Å². The van der Waals surface area contributed by atoms with Crippen molar-refractivity contribution in [3.63, 3.8) is 0 Å². The topological polar surface area (TPSA) is 98.3 Å². The lowest BCUT2D eigenvalue weighted by molar-refractivity contribution is 0.102. The van der Waals surface area contributed by atoms with Crippen LogP contribution in [0.3, 0.4) is 0 Å². The second kappa shape index (κ2) is 7.69. The van der Waals surface area contributed by atoms with Gasteiger partial charge >= 0.3 is 0 Å². The number of pyridine rings is 1. The number of nitrogens with one attached hydrogen (secondary N) is 2. The van der Waals surface area contributed by atoms with Crippen LogP contribution in [0.4, 0.5) is 15.9 Å². The number of fused-ring (bicyclic) bond motifs is 1. The van der Waals surface area contributed by atoms with E-state index in [-0.39, 0.29) is 32.9 Å². The maximum absolute atomic E-state index is 13.8. The molecular formula is C18H12Cl2FN5O3. The number of benzene rings is 1. The highest BCUT2D eigenvalue weighted by molar-refractivity contribution is 6.36. The predicted octanol–water partition coefficient (Wildman–Crippen LogP) is 4.08. The Morgan fingerprint density at radius 1 is 1.28 bits per heavy atom. The van der Waals surface area contributed by atoms with Crippen molar-refractivity contribution in [1.82, 2.24) is 15.2 Å². The van der Waals surface area contributed by atoms with Crippen LogP contribution in [-0.4, -0.2) is 28.2 Å². The normalized spacial score (nSPS) is 14.6. The van der Waals surface area contributed by atoms with Gasteiger partial charge in [0.2, 0.25) is 12.1 Å². The summed E-state index contributed by atoms with van der Waals surface area (Å²) in [5.74, 6) is -0.207. The lowest BCUT2D eigenvalue weighted by Gasteiger charge is -2.15. The Bertz CT molecular complexity index is 1100. The molecule has 1 amide bonds. The number of aromatic nitrogens is 3. The molecule has 0 fully saturated rings. The van der Waals surface area contributed by atoms with E-state index in [0.717, 1.165) is 6.07 Å². The summed E-state index contributed by atoms with van der Waals surface area (Å²) in [6.45, 7) is 0. The van der Waals surface area contributed by atoms with E-state index >= 15 is 0 Å². The fraction of sp³-hybridized carbons (Fsp3) is 0.111. The van der Waals surface area contributed by atoms with Crippen molar-refractivity contribution in [2.45, 2.75) is 6.23 Å². The van der Waals surface area contributed by atoms with Gasteiger partial charge in [0.05, 0.1) is 34.6 Å². The first-order valence-electron chi connectivity index (χ1n) is 8.22. The molecule has 0 saturated heterocycles. The van der Waals surface area contributed by atoms with Gasteiger partial charge in [-0.3, -0.25) is 4.79 Å². The quantitative estimate of drug-likeness (QED) is 0.595. The summed E-state index contributed by atoms with van der Waals surface area (Å²) in [5.41, 5.74) is 0.688. The van der Waals surface area contributed by atoms with Crippen molar-refractivity contribution in [2.24, 2.45) is 0 Å². The van der Waals surface area contributed by atoms with E-state index in [1.54, 1.807) is 12.1 Å². The summed E-state index contributed by atoms with van der Waals surface area (Å²) >= 11 is 12.2. The molecule has 0 saturated carbocycles. The number of amides is 1. The van der Waals surface area contributed by atoms with Crippen molar-refractivity contribution in [3.05, 3.63) is 63.6 Å². The minimum atomic E-state index is -0.876. The van der Waals surface area contributed by atoms with Gasteiger partial charge < -0.3 is 20.1 Å². The highest BCUT2D eigenvalue weighted by Gasteiger charge is 2.31. The molecule has 1 atom stereocenters. The van der Waals surface area contributed by atoms with E-state index in [0.29, 0.717) is 11.6 Å². The second-order valence-electron chi connectivity index (χ2n) is 5.88. The Balaban J connectivity index is 1.53. The largest absolute Gasteiger partial charge is 0.481 e. The summed E-state index contributed by atoms with van der Waals surface area (Å²) in [4.78, 5) is 16.4. The lowest BCUT2D eigenvalue weighted by Crippen LogP contribution is -2.14. The number of rotatable bonds is 4. The number of nitrogens with zero attached hydrogens (tertiary/aromatic N) is 3. The molecule has 1 aliphatic heterocycles. The lowest BCUT2D eigenvalue weighted by atomic mass is 10.2. The van der Waals surface area contributed by atoms with Crippen molar-refractivity contribution in [3.8, 4) is 11.6 Å². The zero-order valence-electron chi connectivity index (χ0n) is 14.7. The Kier molecular flexibility index (Phi) is 5.08. The highest BCUT2D eigenvalue weighted by atomic mass is 35.5. The third-order valence-corrected chi connectivity index (χ3v) is 4.76. The van der Waals surface area contributed by atoms with E-state index in [1.807, 2.05) is 0 Å². The maximum atomic E-state index is 13.8. The first-order valence-corrected chi connectivity index (χ1v) is 8.97. The van der Waals surface area contributed by atoms with Crippen molar-refractivity contribution in [2.75, 3.05) is 17.7 Å². The molecule has 3 aromatic rings. The molecule has 0 aliphatic carbocycles. The predicted molar refractivity (Wildman–Crippen MR) is 104 cm³/mol. The Morgan fingerprint density at radius 2 is 2.10 bits per heavy atom. The van der Waals surface area contributed by atoms with Crippen LogP contribution in [-0.2, 0) is 0 Å². The van der Waals surface area contributed by atoms with Gasteiger partial charge in [-0.25, -0.2) is 9.37 Å². The third kappa shape index (κ3) is 3.74. The van der Waals surface area contributed by atoms with E-state index in [1.165, 1.54) is 25.4 Å². The number of anilines is 2. The first-order chi connectivity index (χ1) is 14.0. The summed E-state index contributed by atoms with van der Waals surface area (Å²) < 4.78 is 24.5. The highest BCUT2D eigenvalue weighted by Crippen LogP contribution is 2.41. The molecule has 1 aliphatic rings. The molecule has 1 unspecified atom stereocenters. The summed E-state index contributed by atoms with van der Waals surface area (Å²) in [5, 5.41) is 13.4. The molecule has 8 nitrogen and oxygen atoms in total. The van der Waals surface area contributed by atoms with Crippen LogP contribution < -0.4 is 20.1 Å². The maximum Gasteiger partial charge on any atom is 0.276 e. The van der Waals surface area contributed by atoms with Gasteiger partial charge in [-0.05, 0) is 18.2 Å². The monoisotopic (exact) mass is 435 g/mol. The van der Waals surface area contributed by atoms with Gasteiger partial charge in [0.25, 0.3) is 5.91 Å². The van der Waals surface area contributed by atoms with E-state index in [9.17, 15) is 9.18 Å². The number of methoxy groups -OCH3 is 1. The molecule has 0 spiro atoms. The number of carbonyl (C=O) groups excluding carboxylic acids is 1. The van der Waals surface area contributed by atoms with Crippen molar-refractivity contribution in [1.29, 1.82) is 0 Å². The molecule has 0 radical (unpaired) electrons. The van der Waals surface area contributed by atoms with Crippen LogP contribution in [0.2, 0.25) is 10.0 Å². The van der Waals surface area contributed by atoms with Gasteiger partial charge in [0.15, 0.2) is 17.3 Å². The van der Waals surface area contributed by atoms with Crippen LogP contribution in [0, 0.1) is 5.82 Å². The first kappa shape index (κ1) is 19.2. The smallest absolute Gasteiger partial charge is 0.276 e. The van der Waals surface area contributed by atoms with E-state index in [4.69, 9.17) is 32.7 Å². The molecular weight excluding hydrogens is 424 g/mol. The number of hydrogen-bond acceptors (Lipinski definition) is 7. The Morgan fingerprint density at radius 3 is 2.83 bits per heavy atom. The molecule has 2 N–H and O–H groups in total. The zero-order chi connectivity index (χ0) is 20.5. The van der Waals surface area contributed by atoms with Gasteiger partial charge in [0, 0.05) is 12.1 Å². The van der Waals surface area contributed by atoms with E-state index in [2.05, 4.69) is 25.8 Å². The Hall–Kier alpha value is -3.17. The second-order valence-corrected chi connectivity index (χ2v) is 6.67.